The number of benzene rings is 1. The first-order valence-electron chi connectivity index (χ1n) is 6.47. The molecule has 134 valence electrons. The smallest absolute Gasteiger partial charge is 0.383 e. The molecule has 8 nitrogen and oxygen atoms in total. The van der Waals surface area contributed by atoms with Gasteiger partial charge < -0.3 is 9.64 Å². The van der Waals surface area contributed by atoms with Crippen molar-refractivity contribution >= 4 is 33.0 Å². The van der Waals surface area contributed by atoms with Gasteiger partial charge in [-0.05, 0) is 0 Å². The number of nitrogens with zero attached hydrogens (tertiary/aromatic N) is 3. The largest absolute Gasteiger partial charge is 0.416 e. The van der Waals surface area contributed by atoms with Gasteiger partial charge in [0, 0.05) is 37.7 Å². The lowest BCUT2D eigenvalue weighted by Crippen LogP contribution is -2.30. The maximum absolute atomic E-state index is 12.9. The third-order valence-corrected chi connectivity index (χ3v) is 3.38. The second-order valence-electron chi connectivity index (χ2n) is 4.54. The number of halogens is 4. The molecule has 0 bridgehead atoms. The Bertz CT molecular complexity index is 591. The Morgan fingerprint density at radius 2 is 1.67 bits per heavy atom. The molecule has 0 saturated carbocycles. The Hall–Kier alpha value is -1.95. The molecule has 0 aliphatic carbocycles. The third-order valence-electron chi connectivity index (χ3n) is 3.03. The van der Waals surface area contributed by atoms with Crippen LogP contribution < -0.4 is 4.90 Å². The lowest BCUT2D eigenvalue weighted by atomic mass is 10.1. The Morgan fingerprint density at radius 1 is 1.17 bits per heavy atom. The number of alkyl halides is 4. The van der Waals surface area contributed by atoms with E-state index in [0.29, 0.717) is 17.5 Å². The molecule has 0 saturated heterocycles. The van der Waals surface area contributed by atoms with E-state index in [1.165, 1.54) is 12.0 Å². The van der Waals surface area contributed by atoms with Crippen molar-refractivity contribution in [2.45, 2.75) is 6.18 Å². The van der Waals surface area contributed by atoms with E-state index in [1.807, 2.05) is 0 Å². The molecule has 1 aromatic rings. The number of nitro benzene ring substituents is 2. The Labute approximate surface area is 142 Å². The summed E-state index contributed by atoms with van der Waals surface area (Å²) < 4.78 is 43.5. The van der Waals surface area contributed by atoms with Crippen LogP contribution in [0.3, 0.4) is 0 Å². The average Bonchev–Trinajstić information content (AvgIpc) is 2.49. The number of methoxy groups -OCH3 is 1. The number of nitro groups is 2. The minimum Gasteiger partial charge on any atom is -0.383 e. The molecule has 12 heteroatoms. The van der Waals surface area contributed by atoms with Crippen molar-refractivity contribution in [1.29, 1.82) is 0 Å². The highest BCUT2D eigenvalue weighted by Gasteiger charge is 2.39. The molecule has 0 fully saturated rings. The fourth-order valence-electron chi connectivity index (χ4n) is 2.01. The summed E-state index contributed by atoms with van der Waals surface area (Å²) in [7, 11) is 1.36. The van der Waals surface area contributed by atoms with Crippen molar-refractivity contribution in [3.05, 3.63) is 37.9 Å². The molecule has 0 aromatic heterocycles. The van der Waals surface area contributed by atoms with E-state index in [1.54, 1.807) is 0 Å². The molecule has 0 N–H and O–H groups in total. The maximum Gasteiger partial charge on any atom is 0.416 e. The second-order valence-corrected chi connectivity index (χ2v) is 5.34. The SMILES string of the molecule is COCCN(CCBr)c1c([N+](=O)[O-])cc(C(F)(F)F)cc1[N+](=O)[O-]. The van der Waals surface area contributed by atoms with Crippen LogP contribution in [0.1, 0.15) is 5.56 Å². The summed E-state index contributed by atoms with van der Waals surface area (Å²) in [6, 6.07) is 0.604. The van der Waals surface area contributed by atoms with Crippen molar-refractivity contribution in [1.82, 2.24) is 0 Å². The Balaban J connectivity index is 3.65. The molecule has 0 heterocycles. The van der Waals surface area contributed by atoms with Gasteiger partial charge in [-0.2, -0.15) is 13.2 Å². The van der Waals surface area contributed by atoms with Crippen molar-refractivity contribution < 1.29 is 27.8 Å². The monoisotopic (exact) mass is 415 g/mol. The minimum absolute atomic E-state index is 0.0368. The molecule has 0 amide bonds. The van der Waals surface area contributed by atoms with E-state index in [0.717, 1.165) is 0 Å². The van der Waals surface area contributed by atoms with Crippen LogP contribution in [0.15, 0.2) is 12.1 Å². The molecule has 0 spiro atoms. The fraction of sp³-hybridized carbons (Fsp3) is 0.500. The zero-order chi connectivity index (χ0) is 18.5. The fourth-order valence-corrected chi connectivity index (χ4v) is 2.44. The third kappa shape index (κ3) is 4.77. The van der Waals surface area contributed by atoms with E-state index in [2.05, 4.69) is 15.9 Å². The molecule has 24 heavy (non-hydrogen) atoms. The van der Waals surface area contributed by atoms with Crippen LogP contribution in [-0.4, -0.2) is 42.0 Å². The number of hydrogen-bond acceptors (Lipinski definition) is 6. The Kier molecular flexibility index (Phi) is 6.90. The topological polar surface area (TPSA) is 98.8 Å². The van der Waals surface area contributed by atoms with Crippen molar-refractivity contribution in [2.75, 3.05) is 37.0 Å². The van der Waals surface area contributed by atoms with Gasteiger partial charge in [0.25, 0.3) is 11.4 Å². The summed E-state index contributed by atoms with van der Waals surface area (Å²) in [5.74, 6) is 0. The first-order valence-corrected chi connectivity index (χ1v) is 7.59. The van der Waals surface area contributed by atoms with Crippen molar-refractivity contribution in [3.8, 4) is 0 Å². The van der Waals surface area contributed by atoms with E-state index in [4.69, 9.17) is 4.74 Å². The molecule has 0 atom stereocenters. The first-order chi connectivity index (χ1) is 11.1. The van der Waals surface area contributed by atoms with E-state index < -0.39 is 38.6 Å². The van der Waals surface area contributed by atoms with Crippen molar-refractivity contribution in [3.63, 3.8) is 0 Å². The molecule has 0 unspecified atom stereocenters. The van der Waals surface area contributed by atoms with Crippen LogP contribution in [0.5, 0.6) is 0 Å². The maximum atomic E-state index is 12.9. The highest BCUT2D eigenvalue weighted by molar-refractivity contribution is 9.09. The summed E-state index contributed by atoms with van der Waals surface area (Å²) in [6.45, 7) is 0.230. The molecule has 0 aliphatic heterocycles. The molecular formula is C12H13BrF3N3O5. The van der Waals surface area contributed by atoms with Crippen molar-refractivity contribution in [2.24, 2.45) is 0 Å². The summed E-state index contributed by atoms with van der Waals surface area (Å²) in [5, 5.41) is 22.7. The predicted molar refractivity (Wildman–Crippen MR) is 82.6 cm³/mol. The Morgan fingerprint density at radius 3 is 2.00 bits per heavy atom. The highest BCUT2D eigenvalue weighted by Crippen LogP contribution is 2.43. The van der Waals surface area contributed by atoms with Gasteiger partial charge in [-0.3, -0.25) is 20.2 Å². The van der Waals surface area contributed by atoms with Crippen LogP contribution >= 0.6 is 15.9 Å². The van der Waals surface area contributed by atoms with Crippen LogP contribution in [-0.2, 0) is 10.9 Å². The van der Waals surface area contributed by atoms with Gasteiger partial charge in [-0.25, -0.2) is 0 Å². The molecule has 1 rings (SSSR count). The summed E-state index contributed by atoms with van der Waals surface area (Å²) in [6.07, 6.45) is -4.94. The highest BCUT2D eigenvalue weighted by atomic mass is 79.9. The van der Waals surface area contributed by atoms with Gasteiger partial charge in [0.15, 0.2) is 5.69 Å². The normalized spacial score (nSPS) is 11.4. The van der Waals surface area contributed by atoms with E-state index in [-0.39, 0.29) is 19.7 Å². The molecule has 1 aromatic carbocycles. The van der Waals surface area contributed by atoms with Gasteiger partial charge in [0.1, 0.15) is 0 Å². The van der Waals surface area contributed by atoms with E-state index >= 15 is 0 Å². The number of rotatable bonds is 8. The van der Waals surface area contributed by atoms with Gasteiger partial charge in [0.2, 0.25) is 0 Å². The lowest BCUT2D eigenvalue weighted by Gasteiger charge is -2.23. The number of hydrogen-bond donors (Lipinski definition) is 0. The molecular weight excluding hydrogens is 403 g/mol. The average molecular weight is 416 g/mol. The molecule has 0 radical (unpaired) electrons. The minimum atomic E-state index is -4.94. The zero-order valence-corrected chi connectivity index (χ0v) is 14.0. The first kappa shape index (κ1) is 20.1. The lowest BCUT2D eigenvalue weighted by molar-refractivity contribution is -0.393. The van der Waals surface area contributed by atoms with Gasteiger partial charge in [-0.1, -0.05) is 15.9 Å². The van der Waals surface area contributed by atoms with Crippen LogP contribution in [0.2, 0.25) is 0 Å². The molecule has 0 aliphatic rings. The summed E-state index contributed by atoms with van der Waals surface area (Å²) in [4.78, 5) is 21.5. The van der Waals surface area contributed by atoms with Crippen LogP contribution in [0.4, 0.5) is 30.2 Å². The zero-order valence-electron chi connectivity index (χ0n) is 12.4. The summed E-state index contributed by atoms with van der Waals surface area (Å²) >= 11 is 3.11. The van der Waals surface area contributed by atoms with Crippen LogP contribution in [0, 0.1) is 20.2 Å². The summed E-state index contributed by atoms with van der Waals surface area (Å²) in [5.41, 5.74) is -3.88. The van der Waals surface area contributed by atoms with Gasteiger partial charge in [-0.15, -0.1) is 0 Å². The second kappa shape index (κ2) is 8.24. The predicted octanol–water partition coefficient (Wildman–Crippen LogP) is 3.37. The van der Waals surface area contributed by atoms with Gasteiger partial charge in [0.05, 0.1) is 22.0 Å². The number of ether oxygens (including phenoxy) is 1. The van der Waals surface area contributed by atoms with Crippen LogP contribution in [0.25, 0.3) is 0 Å². The van der Waals surface area contributed by atoms with Gasteiger partial charge >= 0.3 is 6.18 Å². The van der Waals surface area contributed by atoms with E-state index in [9.17, 15) is 33.4 Å². The number of anilines is 1. The quantitative estimate of drug-likeness (QED) is 0.366. The standard InChI is InChI=1S/C12H13BrF3N3O5/c1-24-5-4-17(3-2-13)11-9(18(20)21)6-8(12(14,15)16)7-10(11)19(22)23/h6-7H,2-5H2,1H3.